The second-order valence-corrected chi connectivity index (χ2v) is 4.27. The van der Waals surface area contributed by atoms with Gasteiger partial charge in [0.15, 0.2) is 0 Å². The van der Waals surface area contributed by atoms with Crippen LogP contribution >= 0.6 is 11.6 Å². The van der Waals surface area contributed by atoms with E-state index >= 15 is 0 Å². The van der Waals surface area contributed by atoms with Gasteiger partial charge in [-0.15, -0.1) is 11.6 Å². The van der Waals surface area contributed by atoms with Crippen molar-refractivity contribution in [3.05, 3.63) is 23.8 Å². The Bertz CT molecular complexity index is 297. The van der Waals surface area contributed by atoms with E-state index in [9.17, 15) is 0 Å². The van der Waals surface area contributed by atoms with Gasteiger partial charge < -0.3 is 0 Å². The van der Waals surface area contributed by atoms with Gasteiger partial charge in [-0.1, -0.05) is 0 Å². The molecule has 0 bridgehead atoms. The van der Waals surface area contributed by atoms with Gasteiger partial charge in [-0.2, -0.15) is 0 Å². The van der Waals surface area contributed by atoms with Gasteiger partial charge in [0.05, 0.1) is 0 Å². The Labute approximate surface area is 83.4 Å². The van der Waals surface area contributed by atoms with Gasteiger partial charge in [0.2, 0.25) is 0 Å². The van der Waals surface area contributed by atoms with E-state index in [-0.39, 0.29) is 5.38 Å². The summed E-state index contributed by atoms with van der Waals surface area (Å²) in [5.74, 6) is 0.733. The standard InChI is InChI=1S/C10H13ClN2/c1-7-4-9(13-6-12-7)5-10(11)8-2-3-8/h4,6,8,10H,2-3,5H2,1H3. The summed E-state index contributed by atoms with van der Waals surface area (Å²) in [5.41, 5.74) is 2.09. The topological polar surface area (TPSA) is 25.8 Å². The molecule has 0 N–H and O–H groups in total. The maximum absolute atomic E-state index is 6.20. The van der Waals surface area contributed by atoms with E-state index in [2.05, 4.69) is 9.97 Å². The average molecular weight is 197 g/mol. The van der Waals surface area contributed by atoms with Crippen LogP contribution in [0.5, 0.6) is 0 Å². The van der Waals surface area contributed by atoms with Gasteiger partial charge >= 0.3 is 0 Å². The van der Waals surface area contributed by atoms with Gasteiger partial charge in [-0.05, 0) is 31.7 Å². The molecule has 1 saturated carbocycles. The molecule has 2 rings (SSSR count). The van der Waals surface area contributed by atoms with Crippen LogP contribution in [0, 0.1) is 12.8 Å². The van der Waals surface area contributed by atoms with Crippen LogP contribution in [0.2, 0.25) is 0 Å². The van der Waals surface area contributed by atoms with Crippen LogP contribution in [-0.2, 0) is 6.42 Å². The first-order chi connectivity index (χ1) is 6.25. The van der Waals surface area contributed by atoms with Crippen molar-refractivity contribution in [1.29, 1.82) is 0 Å². The van der Waals surface area contributed by atoms with Gasteiger partial charge in [-0.3, -0.25) is 0 Å². The summed E-state index contributed by atoms with van der Waals surface area (Å²) in [6, 6.07) is 2.01. The average Bonchev–Trinajstić information content (AvgIpc) is 2.85. The summed E-state index contributed by atoms with van der Waals surface area (Å²) in [4.78, 5) is 8.25. The molecule has 1 aliphatic rings. The van der Waals surface area contributed by atoms with E-state index in [4.69, 9.17) is 11.6 Å². The summed E-state index contributed by atoms with van der Waals surface area (Å²) in [6.07, 6.45) is 5.08. The molecule has 0 aromatic carbocycles. The summed E-state index contributed by atoms with van der Waals surface area (Å²) in [7, 11) is 0. The molecule has 1 heterocycles. The number of nitrogens with zero attached hydrogens (tertiary/aromatic N) is 2. The normalized spacial score (nSPS) is 18.6. The molecule has 0 aliphatic heterocycles. The summed E-state index contributed by atoms with van der Waals surface area (Å²) in [6.45, 7) is 1.98. The highest BCUT2D eigenvalue weighted by Crippen LogP contribution is 2.36. The lowest BCUT2D eigenvalue weighted by Crippen LogP contribution is -2.07. The molecule has 2 nitrogen and oxygen atoms in total. The monoisotopic (exact) mass is 196 g/mol. The minimum absolute atomic E-state index is 0.272. The summed E-state index contributed by atoms with van der Waals surface area (Å²) < 4.78 is 0. The van der Waals surface area contributed by atoms with Crippen LogP contribution in [0.4, 0.5) is 0 Å². The third-order valence-corrected chi connectivity index (χ3v) is 2.91. The number of halogens is 1. The Morgan fingerprint density at radius 1 is 1.54 bits per heavy atom. The van der Waals surface area contributed by atoms with Gasteiger partial charge in [0.25, 0.3) is 0 Å². The van der Waals surface area contributed by atoms with Gasteiger partial charge in [-0.25, -0.2) is 9.97 Å². The molecule has 1 fully saturated rings. The van der Waals surface area contributed by atoms with Crippen molar-refractivity contribution in [2.45, 2.75) is 31.6 Å². The Hall–Kier alpha value is -0.630. The predicted molar refractivity (Wildman–Crippen MR) is 52.8 cm³/mol. The smallest absolute Gasteiger partial charge is 0.115 e. The zero-order valence-corrected chi connectivity index (χ0v) is 8.46. The van der Waals surface area contributed by atoms with E-state index in [0.29, 0.717) is 0 Å². The lowest BCUT2D eigenvalue weighted by molar-refractivity contribution is 0.721. The highest BCUT2D eigenvalue weighted by Gasteiger charge is 2.29. The zero-order valence-electron chi connectivity index (χ0n) is 7.70. The lowest BCUT2D eigenvalue weighted by Gasteiger charge is -2.06. The van der Waals surface area contributed by atoms with Crippen LogP contribution in [0.3, 0.4) is 0 Å². The highest BCUT2D eigenvalue weighted by molar-refractivity contribution is 6.21. The van der Waals surface area contributed by atoms with E-state index < -0.39 is 0 Å². The van der Waals surface area contributed by atoms with E-state index in [1.54, 1.807) is 6.33 Å². The van der Waals surface area contributed by atoms with E-state index in [1.807, 2.05) is 13.0 Å². The second kappa shape index (κ2) is 3.62. The van der Waals surface area contributed by atoms with Crippen LogP contribution < -0.4 is 0 Å². The molecule has 0 saturated heterocycles. The minimum Gasteiger partial charge on any atom is -0.242 e. The summed E-state index contributed by atoms with van der Waals surface area (Å²) >= 11 is 6.20. The minimum atomic E-state index is 0.272. The maximum atomic E-state index is 6.20. The molecule has 0 radical (unpaired) electrons. The summed E-state index contributed by atoms with van der Waals surface area (Å²) in [5, 5.41) is 0.272. The molecule has 0 spiro atoms. The molecule has 70 valence electrons. The van der Waals surface area contributed by atoms with Crippen molar-refractivity contribution in [2.75, 3.05) is 0 Å². The molecular formula is C10H13ClN2. The Morgan fingerprint density at radius 3 is 2.92 bits per heavy atom. The Kier molecular flexibility index (Phi) is 2.49. The third-order valence-electron chi connectivity index (χ3n) is 2.40. The first-order valence-corrected chi connectivity index (χ1v) is 5.11. The van der Waals surface area contributed by atoms with Crippen molar-refractivity contribution >= 4 is 11.6 Å². The van der Waals surface area contributed by atoms with Gasteiger partial charge in [0.1, 0.15) is 6.33 Å². The van der Waals surface area contributed by atoms with Crippen molar-refractivity contribution in [1.82, 2.24) is 9.97 Å². The fourth-order valence-electron chi connectivity index (χ4n) is 1.45. The number of aryl methyl sites for hydroxylation is 1. The number of rotatable bonds is 3. The van der Waals surface area contributed by atoms with E-state index in [1.165, 1.54) is 12.8 Å². The molecule has 1 atom stereocenters. The van der Waals surface area contributed by atoms with Crippen molar-refractivity contribution in [2.24, 2.45) is 5.92 Å². The molecule has 1 aromatic rings. The van der Waals surface area contributed by atoms with Crippen LogP contribution in [-0.4, -0.2) is 15.3 Å². The fraction of sp³-hybridized carbons (Fsp3) is 0.600. The van der Waals surface area contributed by atoms with E-state index in [0.717, 1.165) is 23.7 Å². The molecule has 13 heavy (non-hydrogen) atoms. The second-order valence-electron chi connectivity index (χ2n) is 3.71. The molecule has 3 heteroatoms. The number of alkyl halides is 1. The molecule has 1 aliphatic carbocycles. The number of hydrogen-bond acceptors (Lipinski definition) is 2. The van der Waals surface area contributed by atoms with Crippen LogP contribution in [0.25, 0.3) is 0 Å². The quantitative estimate of drug-likeness (QED) is 0.694. The molecular weight excluding hydrogens is 184 g/mol. The Balaban J connectivity index is 2.00. The first kappa shape index (κ1) is 8.95. The Morgan fingerprint density at radius 2 is 2.31 bits per heavy atom. The lowest BCUT2D eigenvalue weighted by atomic mass is 10.1. The van der Waals surface area contributed by atoms with Crippen molar-refractivity contribution in [3.63, 3.8) is 0 Å². The third kappa shape index (κ3) is 2.41. The zero-order chi connectivity index (χ0) is 9.26. The molecule has 1 unspecified atom stereocenters. The molecule has 1 aromatic heterocycles. The molecule has 0 amide bonds. The van der Waals surface area contributed by atoms with Crippen molar-refractivity contribution < 1.29 is 0 Å². The SMILES string of the molecule is Cc1cc(CC(Cl)C2CC2)ncn1. The predicted octanol–water partition coefficient (Wildman–Crippen LogP) is 2.34. The van der Waals surface area contributed by atoms with Crippen molar-refractivity contribution in [3.8, 4) is 0 Å². The highest BCUT2D eigenvalue weighted by atomic mass is 35.5. The van der Waals surface area contributed by atoms with Crippen LogP contribution in [0.1, 0.15) is 24.2 Å². The maximum Gasteiger partial charge on any atom is 0.115 e. The first-order valence-electron chi connectivity index (χ1n) is 4.67. The fourth-order valence-corrected chi connectivity index (χ4v) is 1.86. The van der Waals surface area contributed by atoms with Crippen LogP contribution in [0.15, 0.2) is 12.4 Å². The van der Waals surface area contributed by atoms with Gasteiger partial charge in [0, 0.05) is 23.2 Å². The number of aromatic nitrogens is 2. The number of hydrogen-bond donors (Lipinski definition) is 0. The largest absolute Gasteiger partial charge is 0.242 e.